The van der Waals surface area contributed by atoms with Gasteiger partial charge in [-0.2, -0.15) is 4.98 Å². The van der Waals surface area contributed by atoms with Gasteiger partial charge in [0.2, 0.25) is 0 Å². The largest absolute Gasteiger partial charge is 0.465 e. The van der Waals surface area contributed by atoms with Crippen molar-refractivity contribution in [1.29, 1.82) is 0 Å². The Hall–Kier alpha value is -2.10. The Morgan fingerprint density at radius 1 is 1.41 bits per heavy atom. The first-order valence-electron chi connectivity index (χ1n) is 9.43. The summed E-state index contributed by atoms with van der Waals surface area (Å²) in [5.41, 5.74) is -1.22. The molecule has 0 aliphatic carbocycles. The number of hydrogen-bond acceptors (Lipinski definition) is 9. The average Bonchev–Trinajstić information content (AvgIpc) is 2.71. The van der Waals surface area contributed by atoms with E-state index in [1.54, 1.807) is 0 Å². The van der Waals surface area contributed by atoms with Crippen LogP contribution in [0.1, 0.15) is 32.9 Å². The van der Waals surface area contributed by atoms with Crippen molar-refractivity contribution < 1.29 is 38.4 Å². The summed E-state index contributed by atoms with van der Waals surface area (Å²) in [4.78, 5) is 39.4. The number of aliphatic hydroxyl groups excluding tert-OH is 2. The Balaban J connectivity index is 2.55. The standard InChI is InChI=1S/C17H26F2N4O7S2/c1-3-5-22(16(28)29)9-31-32-10-30-15(27)21-12-4-6-23(14(26)20-12)13(25)17(18,19)7-11(2)8-24/h4,6,11,13,24-25H,3,5,7-10H2,1-2H3,(H,28,29)(H,20,21,26,27)/t11-,13+/m0/s1. The van der Waals surface area contributed by atoms with Crippen LogP contribution in [0.25, 0.3) is 0 Å². The van der Waals surface area contributed by atoms with Gasteiger partial charge in [0, 0.05) is 25.8 Å². The van der Waals surface area contributed by atoms with Crippen molar-refractivity contribution in [1.82, 2.24) is 14.5 Å². The highest BCUT2D eigenvalue weighted by molar-refractivity contribution is 8.76. The third-order valence-corrected chi connectivity index (χ3v) is 5.83. The molecule has 0 aliphatic rings. The molecule has 0 unspecified atom stereocenters. The van der Waals surface area contributed by atoms with Gasteiger partial charge >= 0.3 is 17.9 Å². The monoisotopic (exact) mass is 500 g/mol. The summed E-state index contributed by atoms with van der Waals surface area (Å²) in [6.07, 6.45) is -3.84. The van der Waals surface area contributed by atoms with Crippen LogP contribution in [0.2, 0.25) is 0 Å². The number of alkyl halides is 2. The number of carbonyl (C=O) groups is 2. The van der Waals surface area contributed by atoms with Crippen LogP contribution in [0, 0.1) is 5.92 Å². The summed E-state index contributed by atoms with van der Waals surface area (Å²) in [5, 5.41) is 29.9. The van der Waals surface area contributed by atoms with Crippen molar-refractivity contribution in [2.75, 3.05) is 30.3 Å². The van der Waals surface area contributed by atoms with E-state index in [0.717, 1.165) is 23.1 Å². The van der Waals surface area contributed by atoms with Gasteiger partial charge in [-0.3, -0.25) is 14.8 Å². The molecule has 0 aromatic carbocycles. The van der Waals surface area contributed by atoms with Gasteiger partial charge in [0.25, 0.3) is 5.92 Å². The van der Waals surface area contributed by atoms with Crippen molar-refractivity contribution in [3.63, 3.8) is 0 Å². The molecule has 0 saturated heterocycles. The van der Waals surface area contributed by atoms with Crippen LogP contribution in [0.3, 0.4) is 0 Å². The van der Waals surface area contributed by atoms with Gasteiger partial charge in [-0.25, -0.2) is 23.2 Å². The number of carbonyl (C=O) groups excluding carboxylic acids is 1. The molecule has 4 N–H and O–H groups in total. The normalized spacial score (nSPS) is 13.3. The molecule has 1 aromatic heterocycles. The summed E-state index contributed by atoms with van der Waals surface area (Å²) in [6, 6.07) is 1.04. The molecule has 2 amide bonds. The summed E-state index contributed by atoms with van der Waals surface area (Å²) < 4.78 is 33.4. The van der Waals surface area contributed by atoms with Crippen LogP contribution in [0.5, 0.6) is 0 Å². The molecule has 1 heterocycles. The number of nitrogens with zero attached hydrogens (tertiary/aromatic N) is 3. The average molecular weight is 501 g/mol. The molecule has 182 valence electrons. The van der Waals surface area contributed by atoms with E-state index in [1.165, 1.54) is 22.6 Å². The molecule has 32 heavy (non-hydrogen) atoms. The summed E-state index contributed by atoms with van der Waals surface area (Å²) in [7, 11) is 2.26. The Bertz CT molecular complexity index is 815. The Labute approximate surface area is 190 Å². The fourth-order valence-corrected chi connectivity index (χ4v) is 3.96. The molecular weight excluding hydrogens is 474 g/mol. The summed E-state index contributed by atoms with van der Waals surface area (Å²) in [5.74, 6) is -4.70. The van der Waals surface area contributed by atoms with Gasteiger partial charge in [0.1, 0.15) is 11.8 Å². The van der Waals surface area contributed by atoms with E-state index in [4.69, 9.17) is 14.9 Å². The number of rotatable bonds is 13. The molecule has 0 spiro atoms. The van der Waals surface area contributed by atoms with Crippen LogP contribution in [-0.2, 0) is 4.74 Å². The van der Waals surface area contributed by atoms with Gasteiger partial charge in [-0.15, -0.1) is 0 Å². The molecule has 0 fully saturated rings. The zero-order valence-corrected chi connectivity index (χ0v) is 19.1. The fourth-order valence-electron chi connectivity index (χ4n) is 2.34. The third-order valence-electron chi connectivity index (χ3n) is 3.93. The Morgan fingerprint density at radius 2 is 2.09 bits per heavy atom. The van der Waals surface area contributed by atoms with Gasteiger partial charge < -0.3 is 20.1 Å². The van der Waals surface area contributed by atoms with E-state index in [2.05, 4.69) is 10.3 Å². The van der Waals surface area contributed by atoms with Crippen molar-refractivity contribution in [2.45, 2.75) is 38.8 Å². The van der Waals surface area contributed by atoms with Crippen molar-refractivity contribution in [3.05, 3.63) is 22.7 Å². The van der Waals surface area contributed by atoms with Gasteiger partial charge in [0.15, 0.2) is 6.23 Å². The SMILES string of the molecule is CCCN(CSSCOC(=O)Nc1ccn([C@H](O)C(F)(F)C[C@H](C)CO)c(=O)n1)C(=O)O. The predicted octanol–water partition coefficient (Wildman–Crippen LogP) is 2.62. The number of hydrogen-bond donors (Lipinski definition) is 4. The molecule has 1 aromatic rings. The van der Waals surface area contributed by atoms with Gasteiger partial charge in [-0.05, 0) is 18.4 Å². The molecule has 1 rings (SSSR count). The number of ether oxygens (including phenoxy) is 1. The van der Waals surface area contributed by atoms with Gasteiger partial charge in [0.05, 0.1) is 5.88 Å². The highest BCUT2D eigenvalue weighted by Crippen LogP contribution is 2.32. The van der Waals surface area contributed by atoms with Crippen LogP contribution in [0.15, 0.2) is 17.1 Å². The molecule has 0 saturated carbocycles. The van der Waals surface area contributed by atoms with Crippen LogP contribution in [0.4, 0.5) is 24.2 Å². The van der Waals surface area contributed by atoms with Crippen molar-refractivity contribution >= 4 is 39.6 Å². The van der Waals surface area contributed by atoms with Crippen molar-refractivity contribution in [2.24, 2.45) is 5.92 Å². The zero-order valence-electron chi connectivity index (χ0n) is 17.4. The van der Waals surface area contributed by atoms with Crippen LogP contribution in [-0.4, -0.2) is 72.8 Å². The Kier molecular flexibility index (Phi) is 11.7. The Morgan fingerprint density at radius 3 is 2.66 bits per heavy atom. The minimum atomic E-state index is -3.69. The lowest BCUT2D eigenvalue weighted by atomic mass is 10.0. The third kappa shape index (κ3) is 9.18. The summed E-state index contributed by atoms with van der Waals surface area (Å²) >= 11 is 0. The van der Waals surface area contributed by atoms with Crippen LogP contribution < -0.4 is 11.0 Å². The minimum absolute atomic E-state index is 0.124. The second kappa shape index (κ2) is 13.4. The topological polar surface area (TPSA) is 154 Å². The number of carboxylic acid groups (broad SMARTS) is 1. The maximum atomic E-state index is 14.1. The second-order valence-electron chi connectivity index (χ2n) is 6.71. The number of aromatic nitrogens is 2. The number of halogens is 2. The quantitative estimate of drug-likeness (QED) is 0.180. The van der Waals surface area contributed by atoms with E-state index in [9.17, 15) is 28.3 Å². The number of nitrogens with one attached hydrogen (secondary N) is 1. The molecule has 0 aliphatic heterocycles. The molecule has 11 nitrogen and oxygen atoms in total. The van der Waals surface area contributed by atoms with E-state index >= 15 is 0 Å². The maximum absolute atomic E-state index is 14.1. The minimum Gasteiger partial charge on any atom is -0.465 e. The molecule has 2 atom stereocenters. The molecule has 0 radical (unpaired) electrons. The van der Waals surface area contributed by atoms with Gasteiger partial charge in [-0.1, -0.05) is 35.4 Å². The highest BCUT2D eigenvalue weighted by Gasteiger charge is 2.41. The smallest absolute Gasteiger partial charge is 0.413 e. The molecular formula is C17H26F2N4O7S2. The molecule has 15 heteroatoms. The second-order valence-corrected chi connectivity index (χ2v) is 9.09. The predicted molar refractivity (Wildman–Crippen MR) is 116 cm³/mol. The van der Waals surface area contributed by atoms with E-state index < -0.39 is 49.0 Å². The van der Waals surface area contributed by atoms with E-state index in [1.807, 2.05) is 6.92 Å². The highest BCUT2D eigenvalue weighted by atomic mass is 33.1. The van der Waals surface area contributed by atoms with E-state index in [-0.39, 0.29) is 17.6 Å². The number of anilines is 1. The number of aliphatic hydroxyl groups is 2. The first kappa shape index (κ1) is 27.9. The van der Waals surface area contributed by atoms with Crippen molar-refractivity contribution in [3.8, 4) is 0 Å². The lowest BCUT2D eigenvalue weighted by molar-refractivity contribution is -0.159. The molecule has 0 bridgehead atoms. The van der Waals surface area contributed by atoms with Crippen LogP contribution >= 0.6 is 21.6 Å². The van der Waals surface area contributed by atoms with E-state index in [0.29, 0.717) is 17.5 Å². The fraction of sp³-hybridized carbons (Fsp3) is 0.647. The maximum Gasteiger partial charge on any atom is 0.413 e. The lowest BCUT2D eigenvalue weighted by Crippen LogP contribution is -2.39. The number of amides is 2. The summed E-state index contributed by atoms with van der Waals surface area (Å²) in [6.45, 7) is 3.08. The zero-order chi connectivity index (χ0) is 24.3. The first-order valence-corrected chi connectivity index (χ1v) is 11.9. The lowest BCUT2D eigenvalue weighted by Gasteiger charge is -2.25. The first-order chi connectivity index (χ1) is 15.0.